The van der Waals surface area contributed by atoms with E-state index >= 15 is 0 Å². The van der Waals surface area contributed by atoms with Crippen LogP contribution in [-0.2, 0) is 11.3 Å². The van der Waals surface area contributed by atoms with Gasteiger partial charge in [0.05, 0.1) is 22.7 Å². The lowest BCUT2D eigenvalue weighted by Crippen LogP contribution is -2.09. The fourth-order valence-electron chi connectivity index (χ4n) is 2.64. The molecule has 0 fully saturated rings. The van der Waals surface area contributed by atoms with Crippen LogP contribution in [0.4, 0.5) is 0 Å². The number of para-hydroxylation sites is 1. The van der Waals surface area contributed by atoms with Crippen LogP contribution in [0.15, 0.2) is 54.6 Å². The third kappa shape index (κ3) is 3.51. The average Bonchev–Trinajstić information content (AvgIpc) is 2.65. The number of esters is 1. The Morgan fingerprint density at radius 1 is 1.16 bits per heavy atom. The summed E-state index contributed by atoms with van der Waals surface area (Å²) >= 11 is 0. The molecule has 3 aromatic rings. The lowest BCUT2D eigenvalue weighted by Gasteiger charge is -2.12. The smallest absolute Gasteiger partial charge is 0.339 e. The summed E-state index contributed by atoms with van der Waals surface area (Å²) in [7, 11) is 0. The average molecular weight is 330 g/mol. The van der Waals surface area contributed by atoms with Gasteiger partial charge in [-0.2, -0.15) is 5.26 Å². The molecule has 0 spiro atoms. The van der Waals surface area contributed by atoms with E-state index in [0.29, 0.717) is 16.7 Å². The van der Waals surface area contributed by atoms with Crippen molar-refractivity contribution in [3.8, 4) is 6.07 Å². The second kappa shape index (κ2) is 7.14. The quantitative estimate of drug-likeness (QED) is 0.657. The van der Waals surface area contributed by atoms with Crippen LogP contribution in [0.3, 0.4) is 0 Å². The first-order valence-corrected chi connectivity index (χ1v) is 8.15. The fraction of sp³-hybridized carbons (Fsp3) is 0.190. The fourth-order valence-corrected chi connectivity index (χ4v) is 2.64. The minimum absolute atomic E-state index is 0.0657. The number of hydrogen-bond acceptors (Lipinski definition) is 4. The summed E-state index contributed by atoms with van der Waals surface area (Å²) in [6.45, 7) is 4.14. The molecule has 0 aliphatic heterocycles. The maximum Gasteiger partial charge on any atom is 0.339 e. The summed E-state index contributed by atoms with van der Waals surface area (Å²) in [6.07, 6.45) is 0. The molecule has 4 nitrogen and oxygen atoms in total. The first kappa shape index (κ1) is 16.7. The number of aromatic nitrogens is 1. The van der Waals surface area contributed by atoms with Crippen molar-refractivity contribution < 1.29 is 9.53 Å². The molecule has 0 aliphatic carbocycles. The molecule has 0 atom stereocenters. The summed E-state index contributed by atoms with van der Waals surface area (Å²) in [6, 6.07) is 18.6. The van der Waals surface area contributed by atoms with Gasteiger partial charge in [-0.25, -0.2) is 4.79 Å². The summed E-state index contributed by atoms with van der Waals surface area (Å²) in [5.74, 6) is -0.205. The monoisotopic (exact) mass is 330 g/mol. The molecular weight excluding hydrogens is 312 g/mol. The van der Waals surface area contributed by atoms with Crippen LogP contribution in [0, 0.1) is 11.3 Å². The maximum absolute atomic E-state index is 12.7. The van der Waals surface area contributed by atoms with Crippen LogP contribution in [0.2, 0.25) is 0 Å². The standard InChI is InChI=1S/C21H18N2O2/c1-14(2)20-11-18(17-9-5-6-10-19(17)23-20)21(24)25-13-16-8-4-3-7-15(16)12-22/h3-11,14H,13H2,1-2H3. The second-order valence-corrected chi connectivity index (χ2v) is 6.11. The molecule has 3 rings (SSSR count). The molecule has 0 aliphatic rings. The van der Waals surface area contributed by atoms with Gasteiger partial charge in [0.15, 0.2) is 0 Å². The van der Waals surface area contributed by atoms with E-state index in [2.05, 4.69) is 11.1 Å². The Morgan fingerprint density at radius 3 is 2.64 bits per heavy atom. The topological polar surface area (TPSA) is 63.0 Å². The first-order valence-electron chi connectivity index (χ1n) is 8.15. The number of nitriles is 1. The van der Waals surface area contributed by atoms with Crippen molar-refractivity contribution in [2.45, 2.75) is 26.4 Å². The number of benzene rings is 2. The van der Waals surface area contributed by atoms with Gasteiger partial charge in [-0.3, -0.25) is 4.98 Å². The number of hydrogen-bond donors (Lipinski definition) is 0. The molecule has 0 bridgehead atoms. The van der Waals surface area contributed by atoms with Crippen molar-refractivity contribution in [3.05, 3.63) is 77.0 Å². The highest BCUT2D eigenvalue weighted by atomic mass is 16.5. The van der Waals surface area contributed by atoms with E-state index in [0.717, 1.165) is 16.6 Å². The maximum atomic E-state index is 12.7. The lowest BCUT2D eigenvalue weighted by atomic mass is 10.0. The van der Waals surface area contributed by atoms with Gasteiger partial charge in [0.2, 0.25) is 0 Å². The van der Waals surface area contributed by atoms with Crippen molar-refractivity contribution in [1.29, 1.82) is 5.26 Å². The highest BCUT2D eigenvalue weighted by Crippen LogP contribution is 2.23. The molecule has 124 valence electrons. The number of carbonyl (C=O) groups excluding carboxylic acids is 1. The van der Waals surface area contributed by atoms with Gasteiger partial charge in [-0.15, -0.1) is 0 Å². The van der Waals surface area contributed by atoms with Gasteiger partial charge in [0, 0.05) is 16.6 Å². The van der Waals surface area contributed by atoms with E-state index in [1.165, 1.54) is 0 Å². The van der Waals surface area contributed by atoms with Gasteiger partial charge in [0.1, 0.15) is 6.61 Å². The second-order valence-electron chi connectivity index (χ2n) is 6.11. The third-order valence-electron chi connectivity index (χ3n) is 4.04. The Bertz CT molecular complexity index is 971. The molecule has 4 heteroatoms. The van der Waals surface area contributed by atoms with Gasteiger partial charge in [-0.1, -0.05) is 50.2 Å². The summed E-state index contributed by atoms with van der Waals surface area (Å²) in [4.78, 5) is 17.3. The number of fused-ring (bicyclic) bond motifs is 1. The van der Waals surface area contributed by atoms with Crippen LogP contribution in [0.1, 0.15) is 46.9 Å². The number of rotatable bonds is 4. The van der Waals surface area contributed by atoms with Crippen LogP contribution >= 0.6 is 0 Å². The van der Waals surface area contributed by atoms with Crippen LogP contribution < -0.4 is 0 Å². The Balaban J connectivity index is 1.93. The van der Waals surface area contributed by atoms with E-state index in [1.807, 2.05) is 44.2 Å². The summed E-state index contributed by atoms with van der Waals surface area (Å²) in [5.41, 5.74) is 3.34. The van der Waals surface area contributed by atoms with Crippen LogP contribution in [0.5, 0.6) is 0 Å². The number of nitrogens with zero attached hydrogens (tertiary/aromatic N) is 2. The SMILES string of the molecule is CC(C)c1cc(C(=O)OCc2ccccc2C#N)c2ccccc2n1. The predicted molar refractivity (Wildman–Crippen MR) is 96.1 cm³/mol. The molecule has 0 saturated heterocycles. The molecule has 0 N–H and O–H groups in total. The van der Waals surface area contributed by atoms with E-state index < -0.39 is 5.97 Å². The highest BCUT2D eigenvalue weighted by Gasteiger charge is 2.16. The molecule has 1 aromatic heterocycles. The molecule has 0 amide bonds. The highest BCUT2D eigenvalue weighted by molar-refractivity contribution is 6.03. The lowest BCUT2D eigenvalue weighted by molar-refractivity contribution is 0.0474. The molecule has 0 radical (unpaired) electrons. The van der Waals surface area contributed by atoms with Crippen LogP contribution in [0.25, 0.3) is 10.9 Å². The molecule has 25 heavy (non-hydrogen) atoms. The summed E-state index contributed by atoms with van der Waals surface area (Å²) < 4.78 is 5.48. The van der Waals surface area contributed by atoms with Gasteiger partial charge >= 0.3 is 5.97 Å². The minimum Gasteiger partial charge on any atom is -0.457 e. The van der Waals surface area contributed by atoms with Crippen molar-refractivity contribution in [1.82, 2.24) is 4.98 Å². The van der Waals surface area contributed by atoms with Crippen molar-refractivity contribution in [2.75, 3.05) is 0 Å². The van der Waals surface area contributed by atoms with Crippen molar-refractivity contribution in [3.63, 3.8) is 0 Å². The third-order valence-corrected chi connectivity index (χ3v) is 4.04. The van der Waals surface area contributed by atoms with E-state index in [4.69, 9.17) is 10.00 Å². The molecule has 1 heterocycles. The number of ether oxygens (including phenoxy) is 1. The largest absolute Gasteiger partial charge is 0.457 e. The van der Waals surface area contributed by atoms with E-state index in [9.17, 15) is 4.79 Å². The zero-order chi connectivity index (χ0) is 17.8. The Kier molecular flexibility index (Phi) is 4.76. The van der Waals surface area contributed by atoms with Gasteiger partial charge < -0.3 is 4.74 Å². The molecular formula is C21H18N2O2. The Labute approximate surface area is 146 Å². The Morgan fingerprint density at radius 2 is 1.88 bits per heavy atom. The van der Waals surface area contributed by atoms with Gasteiger partial charge in [0.25, 0.3) is 0 Å². The molecule has 0 unspecified atom stereocenters. The first-order chi connectivity index (χ1) is 12.1. The predicted octanol–water partition coefficient (Wildman–Crippen LogP) is 4.59. The van der Waals surface area contributed by atoms with Crippen molar-refractivity contribution in [2.24, 2.45) is 0 Å². The zero-order valence-electron chi connectivity index (χ0n) is 14.2. The van der Waals surface area contributed by atoms with E-state index in [-0.39, 0.29) is 12.5 Å². The van der Waals surface area contributed by atoms with Crippen LogP contribution in [-0.4, -0.2) is 11.0 Å². The minimum atomic E-state index is -0.409. The van der Waals surface area contributed by atoms with Gasteiger partial charge in [-0.05, 0) is 24.1 Å². The normalized spacial score (nSPS) is 10.6. The number of carbonyl (C=O) groups is 1. The Hall–Kier alpha value is -3.19. The number of pyridine rings is 1. The molecule has 0 saturated carbocycles. The zero-order valence-corrected chi connectivity index (χ0v) is 14.2. The van der Waals surface area contributed by atoms with Crippen molar-refractivity contribution >= 4 is 16.9 Å². The molecule has 2 aromatic carbocycles. The summed E-state index contributed by atoms with van der Waals surface area (Å²) in [5, 5.41) is 9.91. The van der Waals surface area contributed by atoms with E-state index in [1.54, 1.807) is 24.3 Å².